The lowest BCUT2D eigenvalue weighted by Crippen LogP contribution is -2.48. The summed E-state index contributed by atoms with van der Waals surface area (Å²) in [5, 5.41) is 16.8. The molecule has 5 rings (SSSR count). The number of aryl methyl sites for hydroxylation is 1. The number of carbonyl (C=O) groups is 2. The average Bonchev–Trinajstić information content (AvgIpc) is 2.98. The van der Waals surface area contributed by atoms with Gasteiger partial charge < -0.3 is 19.9 Å². The van der Waals surface area contributed by atoms with Crippen molar-refractivity contribution in [2.45, 2.75) is 76.4 Å². The van der Waals surface area contributed by atoms with E-state index < -0.39 is 0 Å². The molecule has 0 aromatic carbocycles. The maximum atomic E-state index is 12.2. The van der Waals surface area contributed by atoms with Crippen molar-refractivity contribution in [1.29, 1.82) is 0 Å². The van der Waals surface area contributed by atoms with Crippen LogP contribution in [0.1, 0.15) is 68.0 Å². The third-order valence-corrected chi connectivity index (χ3v) is 6.83. The monoisotopic (exact) mass is 413 g/mol. The lowest BCUT2D eigenvalue weighted by Gasteiger charge is -2.37. The minimum atomic E-state index is -0.281. The number of nitrogens with zero attached hydrogens (tertiary/aromatic N) is 2. The number of aromatic amines is 1. The van der Waals surface area contributed by atoms with Crippen LogP contribution >= 0.6 is 0 Å². The predicted molar refractivity (Wildman–Crippen MR) is 107 cm³/mol. The van der Waals surface area contributed by atoms with Gasteiger partial charge in [-0.1, -0.05) is 5.16 Å². The van der Waals surface area contributed by atoms with E-state index in [1.807, 2.05) is 13.0 Å². The topological polar surface area (TPSA) is 122 Å². The van der Waals surface area contributed by atoms with Gasteiger partial charge >= 0.3 is 6.09 Å². The molecule has 0 saturated heterocycles. The number of aromatic nitrogens is 3. The largest absolute Gasteiger partial charge is 0.446 e. The van der Waals surface area contributed by atoms with E-state index in [1.165, 1.54) is 19.3 Å². The molecule has 0 aliphatic heterocycles. The van der Waals surface area contributed by atoms with Gasteiger partial charge in [-0.15, -0.1) is 0 Å². The Morgan fingerprint density at radius 2 is 2.13 bits per heavy atom. The second-order valence-corrected chi connectivity index (χ2v) is 9.00. The molecule has 30 heavy (non-hydrogen) atoms. The predicted octanol–water partition coefficient (Wildman–Crippen LogP) is 3.19. The molecule has 9 nitrogen and oxygen atoms in total. The Balaban J connectivity index is 1.09. The molecule has 3 fully saturated rings. The first-order chi connectivity index (χ1) is 14.5. The van der Waals surface area contributed by atoms with Gasteiger partial charge in [0.15, 0.2) is 5.82 Å². The zero-order valence-electron chi connectivity index (χ0n) is 17.1. The highest BCUT2D eigenvalue weighted by molar-refractivity contribution is 5.91. The van der Waals surface area contributed by atoms with Gasteiger partial charge in [0, 0.05) is 29.8 Å². The highest BCUT2D eigenvalue weighted by Crippen LogP contribution is 2.60. The van der Waals surface area contributed by atoms with Gasteiger partial charge in [0.05, 0.1) is 12.1 Å². The zero-order chi connectivity index (χ0) is 20.7. The smallest absolute Gasteiger partial charge is 0.407 e. The molecular formula is C21H27N5O4. The summed E-state index contributed by atoms with van der Waals surface area (Å²) >= 11 is 0. The van der Waals surface area contributed by atoms with Crippen molar-refractivity contribution in [3.8, 4) is 0 Å². The van der Waals surface area contributed by atoms with Crippen LogP contribution in [0.25, 0.3) is 0 Å². The molecule has 2 aromatic heterocycles. The van der Waals surface area contributed by atoms with Gasteiger partial charge in [-0.3, -0.25) is 9.89 Å². The van der Waals surface area contributed by atoms with Crippen LogP contribution in [0.3, 0.4) is 0 Å². The van der Waals surface area contributed by atoms with Crippen LogP contribution in [0, 0.1) is 12.3 Å². The SMILES string of the molecule is Cc1cc(CC(=O)Nc2cc(C3CC[C@@H](OC(=O)NC4CCC45CC5)C3)[nH]n2)on1. The van der Waals surface area contributed by atoms with E-state index >= 15 is 0 Å². The standard InChI is InChI=1S/C21H27N5O4/c1-12-8-15(30-26-12)10-19(27)23-18-11-16(24-25-18)13-2-3-14(9-13)29-20(28)22-17-4-5-21(17)6-7-21/h8,11,13-14,17H,2-7,9-10H2,1H3,(H,22,28)(H2,23,24,25,27)/t13?,14-,17?/m1/s1. The lowest BCUT2D eigenvalue weighted by molar-refractivity contribution is -0.115. The molecule has 0 bridgehead atoms. The van der Waals surface area contributed by atoms with Gasteiger partial charge in [0.25, 0.3) is 0 Å². The number of hydrogen-bond donors (Lipinski definition) is 3. The summed E-state index contributed by atoms with van der Waals surface area (Å²) in [7, 11) is 0. The number of H-pyrrole nitrogens is 1. The summed E-state index contributed by atoms with van der Waals surface area (Å²) in [6.07, 6.45) is 7.04. The summed E-state index contributed by atoms with van der Waals surface area (Å²) in [6, 6.07) is 3.89. The van der Waals surface area contributed by atoms with E-state index in [4.69, 9.17) is 9.26 Å². The van der Waals surface area contributed by atoms with Crippen LogP contribution in [0.2, 0.25) is 0 Å². The third-order valence-electron chi connectivity index (χ3n) is 6.83. The Hall–Kier alpha value is -2.84. The van der Waals surface area contributed by atoms with E-state index in [2.05, 4.69) is 26.0 Å². The zero-order valence-corrected chi connectivity index (χ0v) is 17.1. The quantitative estimate of drug-likeness (QED) is 0.668. The molecule has 3 saturated carbocycles. The second-order valence-electron chi connectivity index (χ2n) is 9.00. The highest BCUT2D eigenvalue weighted by Gasteiger charge is 2.56. The molecular weight excluding hydrogens is 386 g/mol. The molecule has 2 heterocycles. The van der Waals surface area contributed by atoms with E-state index in [-0.39, 0.29) is 30.4 Å². The Morgan fingerprint density at radius 1 is 1.27 bits per heavy atom. The Morgan fingerprint density at radius 3 is 2.83 bits per heavy atom. The van der Waals surface area contributed by atoms with Crippen molar-refractivity contribution in [1.82, 2.24) is 20.7 Å². The summed E-state index contributed by atoms with van der Waals surface area (Å²) in [5.41, 5.74) is 2.09. The first-order valence-corrected chi connectivity index (χ1v) is 10.7. The van der Waals surface area contributed by atoms with Crippen LogP contribution in [0.4, 0.5) is 10.6 Å². The maximum absolute atomic E-state index is 12.2. The minimum Gasteiger partial charge on any atom is -0.446 e. The average molecular weight is 413 g/mol. The van der Waals surface area contributed by atoms with Crippen molar-refractivity contribution in [3.05, 3.63) is 29.3 Å². The number of hydrogen-bond acceptors (Lipinski definition) is 6. The minimum absolute atomic E-state index is 0.0822. The summed E-state index contributed by atoms with van der Waals surface area (Å²) < 4.78 is 10.7. The summed E-state index contributed by atoms with van der Waals surface area (Å²) in [6.45, 7) is 1.81. The molecule has 3 N–H and O–H groups in total. The van der Waals surface area contributed by atoms with Crippen molar-refractivity contribution < 1.29 is 18.8 Å². The highest BCUT2D eigenvalue weighted by atomic mass is 16.6. The van der Waals surface area contributed by atoms with Crippen LogP contribution < -0.4 is 10.6 Å². The fourth-order valence-electron chi connectivity index (χ4n) is 4.79. The van der Waals surface area contributed by atoms with Crippen molar-refractivity contribution in [2.75, 3.05) is 5.32 Å². The van der Waals surface area contributed by atoms with Crippen molar-refractivity contribution in [2.24, 2.45) is 5.41 Å². The number of ether oxygens (including phenoxy) is 1. The van der Waals surface area contributed by atoms with E-state index in [9.17, 15) is 9.59 Å². The molecule has 0 radical (unpaired) electrons. The normalized spacial score (nSPS) is 26.2. The number of rotatable bonds is 6. The Labute approximate surface area is 174 Å². The van der Waals surface area contributed by atoms with Gasteiger partial charge in [0.1, 0.15) is 11.9 Å². The summed E-state index contributed by atoms with van der Waals surface area (Å²) in [4.78, 5) is 24.4. The van der Waals surface area contributed by atoms with Crippen molar-refractivity contribution in [3.63, 3.8) is 0 Å². The second kappa shape index (κ2) is 7.45. The molecule has 9 heteroatoms. The van der Waals surface area contributed by atoms with Gasteiger partial charge in [-0.25, -0.2) is 4.79 Å². The first-order valence-electron chi connectivity index (χ1n) is 10.7. The Bertz CT molecular complexity index is 947. The number of carbonyl (C=O) groups excluding carboxylic acids is 2. The number of nitrogens with one attached hydrogen (secondary N) is 3. The number of amides is 2. The van der Waals surface area contributed by atoms with E-state index in [0.717, 1.165) is 37.1 Å². The van der Waals surface area contributed by atoms with Gasteiger partial charge in [-0.2, -0.15) is 5.10 Å². The fourth-order valence-corrected chi connectivity index (χ4v) is 4.79. The van der Waals surface area contributed by atoms with Gasteiger partial charge in [0.2, 0.25) is 5.91 Å². The molecule has 3 aliphatic rings. The molecule has 2 aromatic rings. The van der Waals surface area contributed by atoms with Gasteiger partial charge in [-0.05, 0) is 57.3 Å². The van der Waals surface area contributed by atoms with E-state index in [0.29, 0.717) is 23.0 Å². The van der Waals surface area contributed by atoms with Crippen LogP contribution in [0.5, 0.6) is 0 Å². The third kappa shape index (κ3) is 3.93. The lowest BCUT2D eigenvalue weighted by atomic mass is 9.76. The molecule has 3 atom stereocenters. The molecule has 3 aliphatic carbocycles. The molecule has 1 spiro atoms. The molecule has 2 amide bonds. The number of alkyl carbamates (subject to hydrolysis) is 1. The maximum Gasteiger partial charge on any atom is 0.407 e. The fraction of sp³-hybridized carbons (Fsp3) is 0.619. The van der Waals surface area contributed by atoms with Crippen LogP contribution in [-0.4, -0.2) is 39.5 Å². The molecule has 2 unspecified atom stereocenters. The van der Waals surface area contributed by atoms with Crippen LogP contribution in [0.15, 0.2) is 16.7 Å². The molecule has 160 valence electrons. The Kier molecular flexibility index (Phi) is 4.75. The van der Waals surface area contributed by atoms with Crippen LogP contribution in [-0.2, 0) is 16.0 Å². The van der Waals surface area contributed by atoms with Crippen molar-refractivity contribution >= 4 is 17.8 Å². The first kappa shape index (κ1) is 19.1. The van der Waals surface area contributed by atoms with E-state index in [1.54, 1.807) is 6.07 Å². The summed E-state index contributed by atoms with van der Waals surface area (Å²) in [5.74, 6) is 1.02. The number of anilines is 1.